The van der Waals surface area contributed by atoms with Gasteiger partial charge in [-0.25, -0.2) is 0 Å². The van der Waals surface area contributed by atoms with Crippen LogP contribution in [0.5, 0.6) is 0 Å². The molecule has 0 atom stereocenters. The van der Waals surface area contributed by atoms with Gasteiger partial charge in [0.15, 0.2) is 5.00 Å². The Bertz CT molecular complexity index is 1070. The molecular weight excluding hydrogens is 490 g/mol. The minimum Gasteiger partial charge on any atom is -0.379 e. The third kappa shape index (κ3) is 10.2. The standard InChI is InChI=1S/C27H37N5O4S/c1-5-10-33-12-14-35-16-17-36-15-13-34-11-9-32(6-2)23-7-8-25(21(3)18-23)30-31-27-24(19-28)22(4)26(20-29)37-27/h7-8,18H,5-6,9-17H2,1-4H3. The summed E-state index contributed by atoms with van der Waals surface area (Å²) in [5, 5.41) is 27.7. The third-order valence-electron chi connectivity index (χ3n) is 5.49. The van der Waals surface area contributed by atoms with Crippen molar-refractivity contribution in [3.05, 3.63) is 39.8 Å². The fraction of sp³-hybridized carbons (Fsp3) is 0.556. The van der Waals surface area contributed by atoms with E-state index in [1.54, 1.807) is 6.92 Å². The van der Waals surface area contributed by atoms with Crippen LogP contribution in [0.1, 0.15) is 41.8 Å². The van der Waals surface area contributed by atoms with Gasteiger partial charge in [-0.15, -0.1) is 21.6 Å². The molecule has 2 aromatic rings. The third-order valence-corrected chi connectivity index (χ3v) is 6.57. The highest BCUT2D eigenvalue weighted by Gasteiger charge is 2.14. The molecule has 0 aliphatic heterocycles. The largest absolute Gasteiger partial charge is 0.379 e. The summed E-state index contributed by atoms with van der Waals surface area (Å²) in [6.07, 6.45) is 1.02. The molecule has 0 N–H and O–H groups in total. The minimum absolute atomic E-state index is 0.406. The summed E-state index contributed by atoms with van der Waals surface area (Å²) in [5.74, 6) is 0. The van der Waals surface area contributed by atoms with Crippen LogP contribution in [0.25, 0.3) is 0 Å². The van der Waals surface area contributed by atoms with E-state index in [1.165, 1.54) is 11.3 Å². The van der Waals surface area contributed by atoms with E-state index in [1.807, 2.05) is 19.1 Å². The van der Waals surface area contributed by atoms with Crippen LogP contribution in [0.2, 0.25) is 0 Å². The van der Waals surface area contributed by atoms with Gasteiger partial charge >= 0.3 is 0 Å². The maximum Gasteiger partial charge on any atom is 0.158 e. The van der Waals surface area contributed by atoms with Crippen LogP contribution in [0.4, 0.5) is 16.4 Å². The SMILES string of the molecule is CCCOCCOCCOCCOCCN(CC)c1ccc(N=Nc2sc(C#N)c(C)c2C#N)c(C)c1. The zero-order valence-corrected chi connectivity index (χ0v) is 23.1. The first kappa shape index (κ1) is 30.4. The summed E-state index contributed by atoms with van der Waals surface area (Å²) in [5.41, 5.74) is 3.83. The normalized spacial score (nSPS) is 11.1. The van der Waals surface area contributed by atoms with Gasteiger partial charge in [0.2, 0.25) is 0 Å². The molecule has 1 aromatic carbocycles. The van der Waals surface area contributed by atoms with Crippen molar-refractivity contribution < 1.29 is 18.9 Å². The summed E-state index contributed by atoms with van der Waals surface area (Å²) in [4.78, 5) is 2.72. The van der Waals surface area contributed by atoms with Crippen molar-refractivity contribution in [1.82, 2.24) is 0 Å². The highest BCUT2D eigenvalue weighted by Crippen LogP contribution is 2.36. The molecule has 0 aliphatic carbocycles. The predicted octanol–water partition coefficient (Wildman–Crippen LogP) is 5.83. The van der Waals surface area contributed by atoms with Gasteiger partial charge in [0.1, 0.15) is 17.0 Å². The Balaban J connectivity index is 1.74. The Hall–Kier alpha value is -2.86. The van der Waals surface area contributed by atoms with Crippen LogP contribution in [0, 0.1) is 36.5 Å². The number of aryl methyl sites for hydroxylation is 1. The molecule has 1 heterocycles. The van der Waals surface area contributed by atoms with Crippen molar-refractivity contribution in [2.24, 2.45) is 10.2 Å². The summed E-state index contributed by atoms with van der Waals surface area (Å²) in [7, 11) is 0. The lowest BCUT2D eigenvalue weighted by Gasteiger charge is -2.23. The Kier molecular flexibility index (Phi) is 14.4. The fourth-order valence-corrected chi connectivity index (χ4v) is 4.28. The average Bonchev–Trinajstić information content (AvgIpc) is 3.22. The van der Waals surface area contributed by atoms with Crippen LogP contribution < -0.4 is 4.90 Å². The van der Waals surface area contributed by atoms with Crippen molar-refractivity contribution in [3.63, 3.8) is 0 Å². The topological polar surface area (TPSA) is 112 Å². The minimum atomic E-state index is 0.406. The van der Waals surface area contributed by atoms with E-state index in [2.05, 4.69) is 47.2 Å². The number of rotatable bonds is 18. The van der Waals surface area contributed by atoms with Crippen LogP contribution in [0.3, 0.4) is 0 Å². The molecule has 0 bridgehead atoms. The number of hydrogen-bond acceptors (Lipinski definition) is 10. The van der Waals surface area contributed by atoms with E-state index >= 15 is 0 Å². The Labute approximate surface area is 224 Å². The van der Waals surface area contributed by atoms with E-state index in [0.717, 1.165) is 43.1 Å². The number of thiophene rings is 1. The van der Waals surface area contributed by atoms with E-state index in [-0.39, 0.29) is 0 Å². The van der Waals surface area contributed by atoms with Gasteiger partial charge in [0, 0.05) is 25.4 Å². The molecule has 0 saturated carbocycles. The Morgan fingerprint density at radius 2 is 1.46 bits per heavy atom. The Morgan fingerprint density at radius 1 is 0.838 bits per heavy atom. The molecule has 0 fully saturated rings. The van der Waals surface area contributed by atoms with Gasteiger partial charge in [0.05, 0.1) is 57.5 Å². The predicted molar refractivity (Wildman–Crippen MR) is 145 cm³/mol. The number of ether oxygens (including phenoxy) is 4. The number of nitrogens with zero attached hydrogens (tertiary/aromatic N) is 5. The first-order valence-corrected chi connectivity index (χ1v) is 13.4. The smallest absolute Gasteiger partial charge is 0.158 e. The van der Waals surface area contributed by atoms with Crippen LogP contribution in [-0.2, 0) is 18.9 Å². The number of likely N-dealkylation sites (N-methyl/N-ethyl adjacent to an activating group) is 1. The Morgan fingerprint density at radius 3 is 2.00 bits per heavy atom. The number of hydrogen-bond donors (Lipinski definition) is 0. The van der Waals surface area contributed by atoms with Gasteiger partial charge in [-0.1, -0.05) is 6.92 Å². The van der Waals surface area contributed by atoms with E-state index in [9.17, 15) is 10.5 Å². The highest BCUT2D eigenvalue weighted by atomic mass is 32.1. The zero-order chi connectivity index (χ0) is 26.9. The van der Waals surface area contributed by atoms with E-state index in [0.29, 0.717) is 67.3 Å². The summed E-state index contributed by atoms with van der Waals surface area (Å²) in [6.45, 7) is 14.3. The molecule has 0 radical (unpaired) electrons. The van der Waals surface area contributed by atoms with Crippen molar-refractivity contribution in [2.45, 2.75) is 34.1 Å². The molecule has 200 valence electrons. The zero-order valence-electron chi connectivity index (χ0n) is 22.3. The molecule has 1 aromatic heterocycles. The first-order valence-electron chi connectivity index (χ1n) is 12.6. The molecular formula is C27H37N5O4S. The van der Waals surface area contributed by atoms with Gasteiger partial charge in [0.25, 0.3) is 0 Å². The van der Waals surface area contributed by atoms with Gasteiger partial charge in [-0.05, 0) is 56.5 Å². The second-order valence-corrected chi connectivity index (χ2v) is 9.16. The molecule has 9 nitrogen and oxygen atoms in total. The number of azo groups is 1. The monoisotopic (exact) mass is 527 g/mol. The maximum atomic E-state index is 9.39. The number of nitriles is 2. The van der Waals surface area contributed by atoms with Gasteiger partial charge in [-0.3, -0.25) is 0 Å². The number of benzene rings is 1. The highest BCUT2D eigenvalue weighted by molar-refractivity contribution is 7.16. The second kappa shape index (κ2) is 17.6. The van der Waals surface area contributed by atoms with Crippen molar-refractivity contribution in [3.8, 4) is 12.1 Å². The van der Waals surface area contributed by atoms with E-state index in [4.69, 9.17) is 18.9 Å². The lowest BCUT2D eigenvalue weighted by Crippen LogP contribution is -2.27. The van der Waals surface area contributed by atoms with Crippen LogP contribution >= 0.6 is 11.3 Å². The molecule has 0 unspecified atom stereocenters. The lowest BCUT2D eigenvalue weighted by atomic mass is 10.1. The van der Waals surface area contributed by atoms with Gasteiger partial charge < -0.3 is 23.8 Å². The molecule has 0 saturated heterocycles. The molecule has 0 aliphatic rings. The van der Waals surface area contributed by atoms with Crippen LogP contribution in [0.15, 0.2) is 28.4 Å². The molecule has 0 spiro atoms. The molecule has 10 heteroatoms. The van der Waals surface area contributed by atoms with Crippen molar-refractivity contribution in [2.75, 3.05) is 70.8 Å². The van der Waals surface area contributed by atoms with Crippen molar-refractivity contribution >= 4 is 27.7 Å². The fourth-order valence-electron chi connectivity index (χ4n) is 3.41. The number of anilines is 1. The first-order chi connectivity index (χ1) is 18.0. The van der Waals surface area contributed by atoms with Crippen LogP contribution in [-0.4, -0.2) is 65.9 Å². The summed E-state index contributed by atoms with van der Waals surface area (Å²) < 4.78 is 22.1. The van der Waals surface area contributed by atoms with Crippen molar-refractivity contribution in [1.29, 1.82) is 10.5 Å². The van der Waals surface area contributed by atoms with E-state index < -0.39 is 0 Å². The quantitative estimate of drug-likeness (QED) is 0.177. The maximum absolute atomic E-state index is 9.39. The molecule has 2 rings (SSSR count). The molecule has 37 heavy (non-hydrogen) atoms. The lowest BCUT2D eigenvalue weighted by molar-refractivity contribution is -0.000994. The van der Waals surface area contributed by atoms with Gasteiger partial charge in [-0.2, -0.15) is 10.5 Å². The average molecular weight is 528 g/mol. The molecule has 0 amide bonds. The summed E-state index contributed by atoms with van der Waals surface area (Å²) >= 11 is 1.18. The summed E-state index contributed by atoms with van der Waals surface area (Å²) in [6, 6.07) is 10.2. The second-order valence-electron chi connectivity index (χ2n) is 8.16.